The summed E-state index contributed by atoms with van der Waals surface area (Å²) in [7, 11) is 0. The predicted octanol–water partition coefficient (Wildman–Crippen LogP) is 2.04. The molecule has 2 aliphatic carbocycles. The monoisotopic (exact) mass is 352 g/mol. The van der Waals surface area contributed by atoms with Gasteiger partial charge in [-0.15, -0.1) is 0 Å². The van der Waals surface area contributed by atoms with Crippen molar-refractivity contribution in [2.45, 2.75) is 52.6 Å². The van der Waals surface area contributed by atoms with Crippen LogP contribution in [-0.4, -0.2) is 42.1 Å². The third-order valence-corrected chi connectivity index (χ3v) is 5.61. The van der Waals surface area contributed by atoms with Gasteiger partial charge in [0, 0.05) is 18.3 Å². The Bertz CT molecular complexity index is 544. The molecule has 0 amide bonds. The number of aliphatic hydroxyl groups is 1. The third-order valence-electron chi connectivity index (χ3n) is 5.61. The standard InChI is InChI=1S/C19H28O6/c1-5-24-17(22)19(18(23)25-6-2)9-13(11(3)4)16(21)12-7-8-15(20)14(12)10-19/h12-14,16,21H,3,5-10H2,1-2,4H3/t12-,13-,14?,16-/m1/s1. The first kappa shape index (κ1) is 19.6. The molecule has 2 fully saturated rings. The second-order valence-corrected chi connectivity index (χ2v) is 7.15. The molecule has 0 radical (unpaired) electrons. The van der Waals surface area contributed by atoms with Crippen molar-refractivity contribution in [2.75, 3.05) is 13.2 Å². The van der Waals surface area contributed by atoms with Gasteiger partial charge in [0.15, 0.2) is 5.41 Å². The minimum Gasteiger partial charge on any atom is -0.465 e. The van der Waals surface area contributed by atoms with Crippen molar-refractivity contribution >= 4 is 17.7 Å². The first-order valence-electron chi connectivity index (χ1n) is 8.99. The number of Topliss-reactive ketones (excluding diaryl/α,β-unsaturated/α-hetero) is 1. The first-order chi connectivity index (χ1) is 11.8. The largest absolute Gasteiger partial charge is 0.465 e. The molecule has 0 aromatic carbocycles. The number of rotatable bonds is 5. The molecule has 2 saturated carbocycles. The molecule has 2 rings (SSSR count). The maximum atomic E-state index is 12.8. The van der Waals surface area contributed by atoms with E-state index < -0.39 is 35.3 Å². The minimum atomic E-state index is -1.57. The second-order valence-electron chi connectivity index (χ2n) is 7.15. The van der Waals surface area contributed by atoms with Crippen molar-refractivity contribution in [3.05, 3.63) is 12.2 Å². The Kier molecular flexibility index (Phi) is 6.03. The van der Waals surface area contributed by atoms with Crippen LogP contribution in [0.15, 0.2) is 12.2 Å². The van der Waals surface area contributed by atoms with Gasteiger partial charge in [0.2, 0.25) is 0 Å². The molecule has 2 aliphatic rings. The average Bonchev–Trinajstić information content (AvgIpc) is 2.84. The predicted molar refractivity (Wildman–Crippen MR) is 90.5 cm³/mol. The summed E-state index contributed by atoms with van der Waals surface area (Å²) in [5, 5.41) is 10.8. The van der Waals surface area contributed by atoms with Crippen LogP contribution in [-0.2, 0) is 23.9 Å². The van der Waals surface area contributed by atoms with Crippen LogP contribution in [0.2, 0.25) is 0 Å². The first-order valence-corrected chi connectivity index (χ1v) is 8.99. The van der Waals surface area contributed by atoms with Crippen molar-refractivity contribution in [3.8, 4) is 0 Å². The molecule has 0 bridgehead atoms. The van der Waals surface area contributed by atoms with Gasteiger partial charge in [-0.3, -0.25) is 14.4 Å². The topological polar surface area (TPSA) is 89.9 Å². The Morgan fingerprint density at radius 3 is 2.24 bits per heavy atom. The van der Waals surface area contributed by atoms with Gasteiger partial charge in [-0.05, 0) is 46.0 Å². The number of hydrogen-bond acceptors (Lipinski definition) is 6. The van der Waals surface area contributed by atoms with Gasteiger partial charge in [0.1, 0.15) is 5.78 Å². The molecule has 1 N–H and O–H groups in total. The Morgan fingerprint density at radius 1 is 1.20 bits per heavy atom. The summed E-state index contributed by atoms with van der Waals surface area (Å²) in [6.07, 6.45) is 0.212. The van der Waals surface area contributed by atoms with Crippen LogP contribution in [0.3, 0.4) is 0 Å². The fraction of sp³-hybridized carbons (Fsp3) is 0.737. The molecule has 6 heteroatoms. The summed E-state index contributed by atoms with van der Waals surface area (Å²) in [6, 6.07) is 0. The zero-order valence-corrected chi connectivity index (χ0v) is 15.2. The van der Waals surface area contributed by atoms with E-state index in [0.717, 1.165) is 0 Å². The van der Waals surface area contributed by atoms with E-state index in [0.29, 0.717) is 18.4 Å². The molecule has 25 heavy (non-hydrogen) atoms. The van der Waals surface area contributed by atoms with E-state index in [1.54, 1.807) is 20.8 Å². The highest BCUT2D eigenvalue weighted by molar-refractivity contribution is 6.01. The van der Waals surface area contributed by atoms with E-state index in [-0.39, 0.29) is 37.8 Å². The molecule has 140 valence electrons. The van der Waals surface area contributed by atoms with Gasteiger partial charge in [-0.1, -0.05) is 12.2 Å². The summed E-state index contributed by atoms with van der Waals surface area (Å²) in [5.74, 6) is -2.62. The lowest BCUT2D eigenvalue weighted by atomic mass is 9.73. The van der Waals surface area contributed by atoms with E-state index in [4.69, 9.17) is 9.47 Å². The average molecular weight is 352 g/mol. The SMILES string of the molecule is C=C(C)[C@H]1CC(C(=O)OCC)(C(=O)OCC)CC2C(=O)CC[C@H]2[C@H]1O. The van der Waals surface area contributed by atoms with Crippen molar-refractivity contribution < 1.29 is 29.0 Å². The fourth-order valence-corrected chi connectivity index (χ4v) is 4.28. The third kappa shape index (κ3) is 3.50. The minimum absolute atomic E-state index is 0.00983. The lowest BCUT2D eigenvalue weighted by molar-refractivity contribution is -0.174. The lowest BCUT2D eigenvalue weighted by Gasteiger charge is -2.32. The Morgan fingerprint density at radius 2 is 1.76 bits per heavy atom. The van der Waals surface area contributed by atoms with Gasteiger partial charge < -0.3 is 14.6 Å². The van der Waals surface area contributed by atoms with Crippen molar-refractivity contribution in [2.24, 2.45) is 23.2 Å². The summed E-state index contributed by atoms with van der Waals surface area (Å²) < 4.78 is 10.4. The van der Waals surface area contributed by atoms with E-state index in [2.05, 4.69) is 6.58 Å². The van der Waals surface area contributed by atoms with Gasteiger partial charge >= 0.3 is 11.9 Å². The van der Waals surface area contributed by atoms with Gasteiger partial charge in [0.25, 0.3) is 0 Å². The van der Waals surface area contributed by atoms with Crippen molar-refractivity contribution in [1.29, 1.82) is 0 Å². The van der Waals surface area contributed by atoms with Gasteiger partial charge in [-0.2, -0.15) is 0 Å². The van der Waals surface area contributed by atoms with Crippen molar-refractivity contribution in [3.63, 3.8) is 0 Å². The zero-order valence-electron chi connectivity index (χ0n) is 15.2. The highest BCUT2D eigenvalue weighted by Crippen LogP contribution is 2.50. The summed E-state index contributed by atoms with van der Waals surface area (Å²) in [5.41, 5.74) is -0.888. The van der Waals surface area contributed by atoms with Crippen LogP contribution in [0.4, 0.5) is 0 Å². The molecule has 0 heterocycles. The smallest absolute Gasteiger partial charge is 0.323 e. The van der Waals surface area contributed by atoms with Crippen molar-refractivity contribution in [1.82, 2.24) is 0 Å². The normalized spacial score (nSPS) is 31.0. The van der Waals surface area contributed by atoms with E-state index in [1.807, 2.05) is 0 Å². The number of ketones is 1. The molecule has 0 aromatic rings. The number of hydrogen-bond donors (Lipinski definition) is 1. The van der Waals surface area contributed by atoms with E-state index in [1.165, 1.54) is 0 Å². The van der Waals surface area contributed by atoms with Crippen LogP contribution in [0.1, 0.15) is 46.5 Å². The number of esters is 2. The quantitative estimate of drug-likeness (QED) is 0.463. The maximum Gasteiger partial charge on any atom is 0.323 e. The van der Waals surface area contributed by atoms with Crippen LogP contribution >= 0.6 is 0 Å². The molecule has 0 aromatic heterocycles. The Hall–Kier alpha value is -1.69. The molecule has 1 unspecified atom stereocenters. The van der Waals surface area contributed by atoms with E-state index in [9.17, 15) is 19.5 Å². The molecule has 0 aliphatic heterocycles. The molecular weight excluding hydrogens is 324 g/mol. The number of aliphatic hydroxyl groups excluding tert-OH is 1. The molecule has 6 nitrogen and oxygen atoms in total. The maximum absolute atomic E-state index is 12.8. The molecular formula is C19H28O6. The highest BCUT2D eigenvalue weighted by Gasteiger charge is 2.58. The number of ether oxygens (including phenoxy) is 2. The highest BCUT2D eigenvalue weighted by atomic mass is 16.6. The summed E-state index contributed by atoms with van der Waals surface area (Å²) in [6.45, 7) is 9.29. The number of fused-ring (bicyclic) bond motifs is 1. The molecule has 4 atom stereocenters. The zero-order chi connectivity index (χ0) is 18.8. The Balaban J connectivity index is 2.54. The summed E-state index contributed by atoms with van der Waals surface area (Å²) in [4.78, 5) is 38.0. The number of carbonyl (C=O) groups excluding carboxylic acids is 3. The van der Waals surface area contributed by atoms with Gasteiger partial charge in [0.05, 0.1) is 19.3 Å². The van der Waals surface area contributed by atoms with Crippen LogP contribution < -0.4 is 0 Å². The second kappa shape index (κ2) is 7.68. The van der Waals surface area contributed by atoms with Crippen LogP contribution in [0, 0.1) is 23.2 Å². The van der Waals surface area contributed by atoms with Crippen LogP contribution in [0.25, 0.3) is 0 Å². The summed E-state index contributed by atoms with van der Waals surface area (Å²) >= 11 is 0. The fourth-order valence-electron chi connectivity index (χ4n) is 4.28. The molecule has 0 spiro atoms. The number of carbonyl (C=O) groups is 3. The molecule has 0 saturated heterocycles. The van der Waals surface area contributed by atoms with Gasteiger partial charge in [-0.25, -0.2) is 0 Å². The Labute approximate surface area is 148 Å². The van der Waals surface area contributed by atoms with E-state index >= 15 is 0 Å². The van der Waals surface area contributed by atoms with Crippen LogP contribution in [0.5, 0.6) is 0 Å². The lowest BCUT2D eigenvalue weighted by Crippen LogP contribution is -2.45.